The van der Waals surface area contributed by atoms with Crippen LogP contribution >= 0.6 is 0 Å². The molecule has 2 heterocycles. The standard InChI is InChI=1S/C13H20N4/c1-2-9-17(13-5-3-8-15-16-13)12(4-1)10-14-11-6-7-11/h3,5,8,11-12,14H,1-2,4,6-7,9-10H2. The molecule has 3 rings (SSSR count). The van der Waals surface area contributed by atoms with Crippen molar-refractivity contribution in [2.75, 3.05) is 18.0 Å². The zero-order valence-electron chi connectivity index (χ0n) is 10.2. The predicted molar refractivity (Wildman–Crippen MR) is 68.0 cm³/mol. The first-order chi connectivity index (χ1) is 8.43. The molecule has 0 bridgehead atoms. The molecule has 0 aromatic carbocycles. The van der Waals surface area contributed by atoms with Crippen LogP contribution in [0.5, 0.6) is 0 Å². The molecule has 1 aromatic heterocycles. The summed E-state index contributed by atoms with van der Waals surface area (Å²) < 4.78 is 0. The average molecular weight is 232 g/mol. The van der Waals surface area contributed by atoms with Crippen LogP contribution in [-0.4, -0.2) is 35.4 Å². The number of nitrogens with zero attached hydrogens (tertiary/aromatic N) is 3. The van der Waals surface area contributed by atoms with Gasteiger partial charge in [0.1, 0.15) is 0 Å². The molecule has 0 spiro atoms. The third kappa shape index (κ3) is 2.75. The Morgan fingerprint density at radius 1 is 1.29 bits per heavy atom. The average Bonchev–Trinajstić information content (AvgIpc) is 3.22. The summed E-state index contributed by atoms with van der Waals surface area (Å²) in [5, 5.41) is 11.9. The lowest BCUT2D eigenvalue weighted by Crippen LogP contribution is -2.46. The molecule has 1 N–H and O–H groups in total. The van der Waals surface area contributed by atoms with Crippen LogP contribution in [0.15, 0.2) is 18.3 Å². The maximum absolute atomic E-state index is 4.24. The van der Waals surface area contributed by atoms with Gasteiger partial charge in [0.2, 0.25) is 0 Å². The Labute approximate surface area is 102 Å². The van der Waals surface area contributed by atoms with E-state index in [-0.39, 0.29) is 0 Å². The fourth-order valence-corrected chi connectivity index (χ4v) is 2.55. The minimum atomic E-state index is 0.598. The van der Waals surface area contributed by atoms with Crippen molar-refractivity contribution in [1.29, 1.82) is 0 Å². The van der Waals surface area contributed by atoms with Crippen molar-refractivity contribution >= 4 is 5.82 Å². The summed E-state index contributed by atoms with van der Waals surface area (Å²) in [6.45, 7) is 2.22. The van der Waals surface area contributed by atoms with E-state index < -0.39 is 0 Å². The van der Waals surface area contributed by atoms with E-state index in [9.17, 15) is 0 Å². The Morgan fingerprint density at radius 2 is 2.24 bits per heavy atom. The fraction of sp³-hybridized carbons (Fsp3) is 0.692. The molecule has 1 unspecified atom stereocenters. The summed E-state index contributed by atoms with van der Waals surface area (Å²) in [5.41, 5.74) is 0. The first kappa shape index (κ1) is 11.0. The number of anilines is 1. The van der Waals surface area contributed by atoms with Gasteiger partial charge in [0, 0.05) is 31.4 Å². The van der Waals surface area contributed by atoms with Crippen LogP contribution in [0.3, 0.4) is 0 Å². The van der Waals surface area contributed by atoms with Gasteiger partial charge in [-0.25, -0.2) is 0 Å². The number of hydrogen-bond donors (Lipinski definition) is 1. The highest BCUT2D eigenvalue weighted by atomic mass is 15.3. The monoisotopic (exact) mass is 232 g/mol. The van der Waals surface area contributed by atoms with E-state index in [1.807, 2.05) is 6.07 Å². The van der Waals surface area contributed by atoms with Crippen LogP contribution in [0.1, 0.15) is 32.1 Å². The lowest BCUT2D eigenvalue weighted by molar-refractivity contribution is 0.430. The first-order valence-electron chi connectivity index (χ1n) is 6.71. The van der Waals surface area contributed by atoms with E-state index >= 15 is 0 Å². The van der Waals surface area contributed by atoms with Crippen LogP contribution in [-0.2, 0) is 0 Å². The molecule has 2 fully saturated rings. The van der Waals surface area contributed by atoms with Gasteiger partial charge >= 0.3 is 0 Å². The Bertz CT molecular complexity index is 350. The van der Waals surface area contributed by atoms with Crippen molar-refractivity contribution in [3.05, 3.63) is 18.3 Å². The van der Waals surface area contributed by atoms with Crippen molar-refractivity contribution in [3.63, 3.8) is 0 Å². The molecular formula is C13H20N4. The third-order valence-electron chi connectivity index (χ3n) is 3.70. The molecule has 0 radical (unpaired) electrons. The second-order valence-electron chi connectivity index (χ2n) is 5.11. The van der Waals surface area contributed by atoms with Gasteiger partial charge in [0.05, 0.1) is 0 Å². The molecule has 17 heavy (non-hydrogen) atoms. The van der Waals surface area contributed by atoms with E-state index in [4.69, 9.17) is 0 Å². The number of rotatable bonds is 4. The minimum Gasteiger partial charge on any atom is -0.351 e. The van der Waals surface area contributed by atoms with Gasteiger partial charge in [-0.2, -0.15) is 5.10 Å². The molecule has 0 amide bonds. The van der Waals surface area contributed by atoms with E-state index in [2.05, 4.69) is 26.5 Å². The number of nitrogens with one attached hydrogen (secondary N) is 1. The number of aromatic nitrogens is 2. The first-order valence-corrected chi connectivity index (χ1v) is 6.71. The van der Waals surface area contributed by atoms with Crippen molar-refractivity contribution in [2.24, 2.45) is 0 Å². The molecule has 1 aromatic rings. The highest BCUT2D eigenvalue weighted by Crippen LogP contribution is 2.24. The summed E-state index contributed by atoms with van der Waals surface area (Å²) in [6, 6.07) is 5.44. The van der Waals surface area contributed by atoms with E-state index in [1.54, 1.807) is 6.20 Å². The topological polar surface area (TPSA) is 41.1 Å². The van der Waals surface area contributed by atoms with E-state index in [1.165, 1.54) is 32.1 Å². The molecular weight excluding hydrogens is 212 g/mol. The Kier molecular flexibility index (Phi) is 3.22. The van der Waals surface area contributed by atoms with Gasteiger partial charge in [-0.1, -0.05) is 0 Å². The van der Waals surface area contributed by atoms with Gasteiger partial charge in [-0.3, -0.25) is 0 Å². The van der Waals surface area contributed by atoms with Crippen molar-refractivity contribution in [2.45, 2.75) is 44.2 Å². The van der Waals surface area contributed by atoms with Gasteiger partial charge in [0.25, 0.3) is 0 Å². The van der Waals surface area contributed by atoms with E-state index in [0.717, 1.165) is 24.9 Å². The van der Waals surface area contributed by atoms with Crippen LogP contribution in [0, 0.1) is 0 Å². The largest absolute Gasteiger partial charge is 0.351 e. The van der Waals surface area contributed by atoms with Gasteiger partial charge in [0.15, 0.2) is 5.82 Å². The normalized spacial score (nSPS) is 24.9. The highest BCUT2D eigenvalue weighted by molar-refractivity contribution is 5.38. The number of piperidine rings is 1. The van der Waals surface area contributed by atoms with Crippen LogP contribution < -0.4 is 10.2 Å². The summed E-state index contributed by atoms with van der Waals surface area (Å²) in [6.07, 6.45) is 8.35. The quantitative estimate of drug-likeness (QED) is 0.856. The summed E-state index contributed by atoms with van der Waals surface area (Å²) >= 11 is 0. The van der Waals surface area contributed by atoms with Crippen LogP contribution in [0.25, 0.3) is 0 Å². The SMILES string of the molecule is c1cnnc(N2CCCCC2CNC2CC2)c1. The summed E-state index contributed by atoms with van der Waals surface area (Å²) in [4.78, 5) is 2.42. The smallest absolute Gasteiger partial charge is 0.151 e. The Morgan fingerprint density at radius 3 is 3.00 bits per heavy atom. The van der Waals surface area contributed by atoms with Gasteiger partial charge in [-0.15, -0.1) is 5.10 Å². The lowest BCUT2D eigenvalue weighted by atomic mass is 10.0. The van der Waals surface area contributed by atoms with Crippen molar-refractivity contribution in [1.82, 2.24) is 15.5 Å². The van der Waals surface area contributed by atoms with Gasteiger partial charge < -0.3 is 10.2 Å². The second-order valence-corrected chi connectivity index (χ2v) is 5.11. The lowest BCUT2D eigenvalue weighted by Gasteiger charge is -2.36. The van der Waals surface area contributed by atoms with Crippen LogP contribution in [0.4, 0.5) is 5.82 Å². The molecule has 2 aliphatic rings. The molecule has 1 saturated carbocycles. The maximum atomic E-state index is 4.24. The summed E-state index contributed by atoms with van der Waals surface area (Å²) in [5.74, 6) is 1.04. The second kappa shape index (κ2) is 5.00. The molecule has 1 aliphatic heterocycles. The minimum absolute atomic E-state index is 0.598. The molecule has 1 atom stereocenters. The third-order valence-corrected chi connectivity index (χ3v) is 3.70. The fourth-order valence-electron chi connectivity index (χ4n) is 2.55. The number of hydrogen-bond acceptors (Lipinski definition) is 4. The van der Waals surface area contributed by atoms with E-state index in [0.29, 0.717) is 6.04 Å². The van der Waals surface area contributed by atoms with Crippen LogP contribution in [0.2, 0.25) is 0 Å². The predicted octanol–water partition coefficient (Wildman–Crippen LogP) is 1.59. The molecule has 1 saturated heterocycles. The molecule has 92 valence electrons. The van der Waals surface area contributed by atoms with Crippen molar-refractivity contribution < 1.29 is 0 Å². The Hall–Kier alpha value is -1.16. The molecule has 4 nitrogen and oxygen atoms in total. The van der Waals surface area contributed by atoms with Gasteiger partial charge in [-0.05, 0) is 44.2 Å². The highest BCUT2D eigenvalue weighted by Gasteiger charge is 2.27. The zero-order chi connectivity index (χ0) is 11.5. The maximum Gasteiger partial charge on any atom is 0.151 e. The molecule has 4 heteroatoms. The van der Waals surface area contributed by atoms with Crippen molar-refractivity contribution in [3.8, 4) is 0 Å². The molecule has 1 aliphatic carbocycles. The summed E-state index contributed by atoms with van der Waals surface area (Å²) in [7, 11) is 0. The zero-order valence-corrected chi connectivity index (χ0v) is 10.2. The Balaban J connectivity index is 1.66.